The van der Waals surface area contributed by atoms with Crippen LogP contribution < -0.4 is 15.2 Å². The van der Waals surface area contributed by atoms with Gasteiger partial charge < -0.3 is 19.4 Å². The minimum Gasteiger partial charge on any atom is -0.496 e. The van der Waals surface area contributed by atoms with E-state index in [1.54, 1.807) is 24.4 Å². The Morgan fingerprint density at radius 1 is 1.28 bits per heavy atom. The molecule has 1 aliphatic heterocycles. The van der Waals surface area contributed by atoms with Crippen LogP contribution in [0.5, 0.6) is 5.75 Å². The van der Waals surface area contributed by atoms with E-state index in [-0.39, 0.29) is 18.6 Å². The third-order valence-electron chi connectivity index (χ3n) is 5.59. The van der Waals surface area contributed by atoms with Gasteiger partial charge in [-0.3, -0.25) is 4.79 Å². The number of methoxy groups -OCH3 is 1. The van der Waals surface area contributed by atoms with Crippen LogP contribution in [-0.2, 0) is 9.53 Å². The number of carbonyl (C=O) groups excluding carboxylic acids is 1. The zero-order valence-electron chi connectivity index (χ0n) is 18.5. The number of nitriles is 2. The van der Waals surface area contributed by atoms with E-state index in [0.29, 0.717) is 40.3 Å². The summed E-state index contributed by atoms with van der Waals surface area (Å²) in [6.07, 6.45) is 1.72. The number of fused-ring (bicyclic) bond motifs is 1. The summed E-state index contributed by atoms with van der Waals surface area (Å²) < 4.78 is 10.9. The van der Waals surface area contributed by atoms with Crippen molar-refractivity contribution in [2.75, 3.05) is 25.2 Å². The van der Waals surface area contributed by atoms with Crippen molar-refractivity contribution in [1.29, 1.82) is 10.5 Å². The number of ether oxygens (including phenoxy) is 2. The van der Waals surface area contributed by atoms with Crippen molar-refractivity contribution in [2.45, 2.75) is 33.1 Å². The molecule has 0 amide bonds. The van der Waals surface area contributed by atoms with Crippen LogP contribution in [-0.4, -0.2) is 31.2 Å². The van der Waals surface area contributed by atoms with Gasteiger partial charge in [-0.25, -0.2) is 4.79 Å². The smallest absolute Gasteiger partial charge is 0.336 e. The number of rotatable bonds is 6. The van der Waals surface area contributed by atoms with Gasteiger partial charge in [-0.2, -0.15) is 10.5 Å². The Morgan fingerprint density at radius 3 is 2.66 bits per heavy atom. The Bertz CT molecular complexity index is 1230. The number of benzene rings is 1. The fraction of sp³-hybridized carbons (Fsp3) is 0.333. The highest BCUT2D eigenvalue weighted by Gasteiger charge is 2.40. The van der Waals surface area contributed by atoms with E-state index in [2.05, 4.69) is 11.1 Å². The molecule has 1 atom stereocenters. The van der Waals surface area contributed by atoms with Crippen molar-refractivity contribution in [3.8, 4) is 17.9 Å². The number of nitrogens with one attached hydrogen (secondary N) is 1. The number of allylic oxidation sites excluding steroid dienone is 1. The molecule has 1 aliphatic rings. The third-order valence-corrected chi connectivity index (χ3v) is 5.59. The van der Waals surface area contributed by atoms with Crippen LogP contribution in [0.2, 0.25) is 0 Å². The summed E-state index contributed by atoms with van der Waals surface area (Å²) in [5.74, 6) is -0.978. The van der Waals surface area contributed by atoms with Crippen molar-refractivity contribution in [1.82, 2.24) is 4.98 Å². The molecule has 0 bridgehead atoms. The molecule has 0 fully saturated rings. The lowest BCUT2D eigenvalue weighted by atomic mass is 9.79. The molecule has 8 heteroatoms. The molecule has 1 aromatic carbocycles. The molecule has 0 aliphatic carbocycles. The zero-order chi connectivity index (χ0) is 23.4. The predicted molar refractivity (Wildman–Crippen MR) is 118 cm³/mol. The molecular weight excluding hydrogens is 408 g/mol. The van der Waals surface area contributed by atoms with Gasteiger partial charge in [-0.05, 0) is 38.5 Å². The highest BCUT2D eigenvalue weighted by Crippen LogP contribution is 2.47. The molecule has 0 saturated heterocycles. The Hall–Kier alpha value is -4.04. The van der Waals surface area contributed by atoms with E-state index in [4.69, 9.17) is 14.7 Å². The fourth-order valence-corrected chi connectivity index (χ4v) is 4.19. The van der Waals surface area contributed by atoms with Gasteiger partial charge >= 0.3 is 5.97 Å². The molecule has 3 rings (SSSR count). The van der Waals surface area contributed by atoms with Gasteiger partial charge in [-0.1, -0.05) is 6.07 Å². The summed E-state index contributed by atoms with van der Waals surface area (Å²) in [6, 6.07) is 8.94. The first kappa shape index (κ1) is 22.6. The zero-order valence-corrected chi connectivity index (χ0v) is 18.5. The fourth-order valence-electron chi connectivity index (χ4n) is 4.19. The summed E-state index contributed by atoms with van der Waals surface area (Å²) in [7, 11) is 1.48. The topological polar surface area (TPSA) is 119 Å². The second-order valence-electron chi connectivity index (χ2n) is 7.35. The average Bonchev–Trinajstić information content (AvgIpc) is 2.80. The number of carbonyl (C=O) groups is 1. The summed E-state index contributed by atoms with van der Waals surface area (Å²) in [5, 5.41) is 18.1. The lowest BCUT2D eigenvalue weighted by molar-refractivity contribution is -0.139. The molecule has 2 heterocycles. The minimum absolute atomic E-state index is 0.0491. The first-order chi connectivity index (χ1) is 15.4. The SMILES string of the molecule is CCN1C(C)=C(C(=O)OCCC#N)C(c2ccc(C#N)cc2OC)c2c1c(C)c[nH]c2=O. The maximum atomic E-state index is 13.2. The van der Waals surface area contributed by atoms with E-state index in [9.17, 15) is 14.9 Å². The Labute approximate surface area is 186 Å². The quantitative estimate of drug-likeness (QED) is 0.549. The molecular formula is C24H24N4O4. The van der Waals surface area contributed by atoms with Crippen molar-refractivity contribution >= 4 is 11.7 Å². The van der Waals surface area contributed by atoms with Gasteiger partial charge in [0, 0.05) is 24.0 Å². The van der Waals surface area contributed by atoms with Crippen LogP contribution in [0.25, 0.3) is 0 Å². The van der Waals surface area contributed by atoms with Crippen molar-refractivity contribution < 1.29 is 14.3 Å². The van der Waals surface area contributed by atoms with Gasteiger partial charge in [0.1, 0.15) is 12.4 Å². The first-order valence-corrected chi connectivity index (χ1v) is 10.2. The lowest BCUT2D eigenvalue weighted by Gasteiger charge is -2.38. The summed E-state index contributed by atoms with van der Waals surface area (Å²) in [6.45, 7) is 6.14. The Morgan fingerprint density at radius 2 is 2.03 bits per heavy atom. The van der Waals surface area contributed by atoms with E-state index < -0.39 is 11.9 Å². The highest BCUT2D eigenvalue weighted by molar-refractivity contribution is 5.95. The second-order valence-corrected chi connectivity index (χ2v) is 7.35. The van der Waals surface area contributed by atoms with Crippen LogP contribution in [0, 0.1) is 29.6 Å². The molecule has 1 N–H and O–H groups in total. The molecule has 0 spiro atoms. The number of pyridine rings is 1. The van der Waals surface area contributed by atoms with E-state index >= 15 is 0 Å². The largest absolute Gasteiger partial charge is 0.496 e. The van der Waals surface area contributed by atoms with Gasteiger partial charge in [-0.15, -0.1) is 0 Å². The molecule has 8 nitrogen and oxygen atoms in total. The second kappa shape index (κ2) is 9.40. The van der Waals surface area contributed by atoms with E-state index in [1.807, 2.05) is 31.7 Å². The molecule has 2 aromatic rings. The molecule has 1 aromatic heterocycles. The number of anilines is 1. The standard InChI is InChI=1S/C24H24N4O4/c1-5-28-15(3)19(24(30)32-10-6-9-25)20(21-22(28)14(2)13-27-23(21)29)17-8-7-16(12-26)11-18(17)31-4/h7-8,11,13,20H,5-6,10H2,1-4H3,(H,27,29). The number of H-pyrrole nitrogens is 1. The number of aromatic amines is 1. The normalized spacial score (nSPS) is 14.9. The minimum atomic E-state index is -0.770. The maximum absolute atomic E-state index is 13.2. The van der Waals surface area contributed by atoms with Crippen LogP contribution in [0.4, 0.5) is 5.69 Å². The summed E-state index contributed by atoms with van der Waals surface area (Å²) in [4.78, 5) is 31.1. The predicted octanol–water partition coefficient (Wildman–Crippen LogP) is 3.27. The molecule has 0 radical (unpaired) electrons. The average molecular weight is 432 g/mol. The number of esters is 1. The number of aryl methyl sites for hydroxylation is 1. The van der Waals surface area contributed by atoms with E-state index in [0.717, 1.165) is 11.3 Å². The number of aromatic nitrogens is 1. The molecule has 164 valence electrons. The van der Waals surface area contributed by atoms with Gasteiger partial charge in [0.25, 0.3) is 5.56 Å². The summed E-state index contributed by atoms with van der Waals surface area (Å²) in [5.41, 5.74) is 3.61. The molecule has 0 saturated carbocycles. The molecule has 32 heavy (non-hydrogen) atoms. The lowest BCUT2D eigenvalue weighted by Crippen LogP contribution is -2.37. The third kappa shape index (κ3) is 3.83. The number of nitrogens with zero attached hydrogens (tertiary/aromatic N) is 3. The van der Waals surface area contributed by atoms with Crippen LogP contribution in [0.1, 0.15) is 48.4 Å². The van der Waals surface area contributed by atoms with Crippen LogP contribution in [0.15, 0.2) is 40.5 Å². The Kier molecular flexibility index (Phi) is 6.65. The van der Waals surface area contributed by atoms with Gasteiger partial charge in [0.05, 0.1) is 54.0 Å². The van der Waals surface area contributed by atoms with Crippen LogP contribution in [0.3, 0.4) is 0 Å². The maximum Gasteiger partial charge on any atom is 0.336 e. The summed E-state index contributed by atoms with van der Waals surface area (Å²) >= 11 is 0. The first-order valence-electron chi connectivity index (χ1n) is 10.2. The van der Waals surface area contributed by atoms with E-state index in [1.165, 1.54) is 7.11 Å². The molecule has 1 unspecified atom stereocenters. The Balaban J connectivity index is 2.35. The number of hydrogen-bond donors (Lipinski definition) is 1. The van der Waals surface area contributed by atoms with Crippen molar-refractivity contribution in [3.05, 3.63) is 68.3 Å². The van der Waals surface area contributed by atoms with Crippen molar-refractivity contribution in [3.63, 3.8) is 0 Å². The number of hydrogen-bond acceptors (Lipinski definition) is 7. The monoisotopic (exact) mass is 432 g/mol. The van der Waals surface area contributed by atoms with Gasteiger partial charge in [0.15, 0.2) is 0 Å². The highest BCUT2D eigenvalue weighted by atomic mass is 16.5. The van der Waals surface area contributed by atoms with Crippen molar-refractivity contribution in [2.24, 2.45) is 0 Å². The van der Waals surface area contributed by atoms with Gasteiger partial charge in [0.2, 0.25) is 0 Å². The van der Waals surface area contributed by atoms with Crippen LogP contribution >= 0.6 is 0 Å².